The van der Waals surface area contributed by atoms with E-state index >= 15 is 0 Å². The Morgan fingerprint density at radius 3 is 2.58 bits per heavy atom. The van der Waals surface area contributed by atoms with E-state index in [4.69, 9.17) is 16.1 Å². The number of benzene rings is 1. The molecule has 1 aromatic heterocycles. The van der Waals surface area contributed by atoms with E-state index in [-0.39, 0.29) is 12.1 Å². The molecule has 24 heavy (non-hydrogen) atoms. The zero-order chi connectivity index (χ0) is 17.3. The second-order valence-electron chi connectivity index (χ2n) is 5.91. The third-order valence-electron chi connectivity index (χ3n) is 4.30. The minimum absolute atomic E-state index is 0.0879. The maximum Gasteiger partial charge on any atom is 0.334 e. The topological polar surface area (TPSA) is 92.4 Å². The predicted molar refractivity (Wildman–Crippen MR) is 87.0 cm³/mol. The van der Waals surface area contributed by atoms with Crippen LogP contribution in [0.15, 0.2) is 34.9 Å². The summed E-state index contributed by atoms with van der Waals surface area (Å²) in [5, 5.41) is 16.6. The summed E-state index contributed by atoms with van der Waals surface area (Å²) in [4.78, 5) is 24.4. The van der Waals surface area contributed by atoms with Crippen LogP contribution in [0.4, 0.5) is 0 Å². The highest BCUT2D eigenvalue weighted by molar-refractivity contribution is 6.30. The number of carboxylic acids is 1. The number of carboxylic acid groups (broad SMARTS) is 1. The SMILES string of the molecule is CCC(NC(=O)c1cc(C2CC2)on1)(C(=O)O)c1ccc(Cl)cc1. The van der Waals surface area contributed by atoms with Gasteiger partial charge in [-0.15, -0.1) is 0 Å². The Kier molecular flexibility index (Phi) is 4.32. The molecule has 0 saturated heterocycles. The lowest BCUT2D eigenvalue weighted by molar-refractivity contribution is -0.145. The van der Waals surface area contributed by atoms with Crippen LogP contribution in [-0.4, -0.2) is 22.1 Å². The number of aromatic nitrogens is 1. The quantitative estimate of drug-likeness (QED) is 0.835. The molecule has 0 bridgehead atoms. The van der Waals surface area contributed by atoms with E-state index in [1.54, 1.807) is 37.3 Å². The molecule has 0 aliphatic heterocycles. The summed E-state index contributed by atoms with van der Waals surface area (Å²) in [5.74, 6) is -0.730. The standard InChI is InChI=1S/C17H17ClN2O4/c1-2-17(16(22)23,11-5-7-12(18)8-6-11)19-15(21)13-9-14(24-20-13)10-3-4-10/h5-10H,2-4H2,1H3,(H,19,21)(H,22,23). The van der Waals surface area contributed by atoms with Crippen molar-refractivity contribution >= 4 is 23.5 Å². The molecule has 1 atom stereocenters. The van der Waals surface area contributed by atoms with Crippen molar-refractivity contribution in [3.63, 3.8) is 0 Å². The van der Waals surface area contributed by atoms with Crippen molar-refractivity contribution < 1.29 is 19.2 Å². The number of carbonyl (C=O) groups is 2. The highest BCUT2D eigenvalue weighted by Crippen LogP contribution is 2.40. The summed E-state index contributed by atoms with van der Waals surface area (Å²) in [6.07, 6.45) is 2.22. The Labute approximate surface area is 143 Å². The fourth-order valence-electron chi connectivity index (χ4n) is 2.64. The Hall–Kier alpha value is -2.34. The normalized spacial score (nSPS) is 16.4. The summed E-state index contributed by atoms with van der Waals surface area (Å²) >= 11 is 5.87. The molecule has 1 heterocycles. The van der Waals surface area contributed by atoms with Crippen LogP contribution in [0.5, 0.6) is 0 Å². The van der Waals surface area contributed by atoms with Crippen LogP contribution in [0.3, 0.4) is 0 Å². The smallest absolute Gasteiger partial charge is 0.334 e. The molecule has 3 rings (SSSR count). The summed E-state index contributed by atoms with van der Waals surface area (Å²) in [6, 6.07) is 7.96. The molecule has 1 aliphatic rings. The fraction of sp³-hybridized carbons (Fsp3) is 0.353. The van der Waals surface area contributed by atoms with Gasteiger partial charge in [0.1, 0.15) is 5.76 Å². The molecule has 1 amide bonds. The maximum absolute atomic E-state index is 12.5. The molecule has 1 aromatic carbocycles. The van der Waals surface area contributed by atoms with E-state index in [1.165, 1.54) is 0 Å². The first-order valence-corrected chi connectivity index (χ1v) is 8.12. The van der Waals surface area contributed by atoms with E-state index in [0.717, 1.165) is 12.8 Å². The number of hydrogen-bond acceptors (Lipinski definition) is 4. The molecule has 6 nitrogen and oxygen atoms in total. The average molecular weight is 349 g/mol. The predicted octanol–water partition coefficient (Wildman–Crippen LogP) is 3.33. The van der Waals surface area contributed by atoms with Gasteiger partial charge in [0.15, 0.2) is 11.2 Å². The van der Waals surface area contributed by atoms with Crippen molar-refractivity contribution in [3.8, 4) is 0 Å². The minimum Gasteiger partial charge on any atom is -0.479 e. The van der Waals surface area contributed by atoms with Gasteiger partial charge in [0.25, 0.3) is 5.91 Å². The van der Waals surface area contributed by atoms with Gasteiger partial charge < -0.3 is 14.9 Å². The van der Waals surface area contributed by atoms with E-state index < -0.39 is 17.4 Å². The zero-order valence-corrected chi connectivity index (χ0v) is 13.8. The second-order valence-corrected chi connectivity index (χ2v) is 6.35. The van der Waals surface area contributed by atoms with Gasteiger partial charge in [0.05, 0.1) is 0 Å². The van der Waals surface area contributed by atoms with Gasteiger partial charge in [-0.05, 0) is 37.0 Å². The maximum atomic E-state index is 12.5. The molecule has 0 radical (unpaired) electrons. The first-order chi connectivity index (χ1) is 11.5. The van der Waals surface area contributed by atoms with Crippen molar-refractivity contribution in [2.75, 3.05) is 0 Å². The molecule has 1 unspecified atom stereocenters. The number of rotatable bonds is 6. The fourth-order valence-corrected chi connectivity index (χ4v) is 2.77. The molecule has 7 heteroatoms. The van der Waals surface area contributed by atoms with Crippen molar-refractivity contribution in [2.24, 2.45) is 0 Å². The number of aliphatic carboxylic acids is 1. The summed E-state index contributed by atoms with van der Waals surface area (Å²) < 4.78 is 5.16. The number of nitrogens with one attached hydrogen (secondary N) is 1. The molecule has 1 fully saturated rings. The Balaban J connectivity index is 1.89. The monoisotopic (exact) mass is 348 g/mol. The summed E-state index contributed by atoms with van der Waals surface area (Å²) in [7, 11) is 0. The number of amides is 1. The van der Waals surface area contributed by atoms with Gasteiger partial charge in [-0.1, -0.05) is 35.8 Å². The molecule has 0 spiro atoms. The first kappa shape index (κ1) is 16.5. The Bertz CT molecular complexity index is 767. The van der Waals surface area contributed by atoms with E-state index in [9.17, 15) is 14.7 Å². The van der Waals surface area contributed by atoms with Crippen molar-refractivity contribution in [2.45, 2.75) is 37.6 Å². The van der Waals surface area contributed by atoms with Gasteiger partial charge in [-0.2, -0.15) is 0 Å². The summed E-state index contributed by atoms with van der Waals surface area (Å²) in [5.41, 5.74) is -1.02. The van der Waals surface area contributed by atoms with Crippen LogP contribution in [0.2, 0.25) is 5.02 Å². The van der Waals surface area contributed by atoms with Crippen LogP contribution in [-0.2, 0) is 10.3 Å². The number of hydrogen-bond donors (Lipinski definition) is 2. The summed E-state index contributed by atoms with van der Waals surface area (Å²) in [6.45, 7) is 1.70. The van der Waals surface area contributed by atoms with Gasteiger partial charge in [0.2, 0.25) is 0 Å². The van der Waals surface area contributed by atoms with Crippen LogP contribution < -0.4 is 5.32 Å². The number of nitrogens with zero attached hydrogens (tertiary/aromatic N) is 1. The third-order valence-corrected chi connectivity index (χ3v) is 4.55. The number of halogens is 1. The van der Waals surface area contributed by atoms with E-state index in [1.807, 2.05) is 0 Å². The van der Waals surface area contributed by atoms with Crippen LogP contribution in [0.1, 0.15) is 53.9 Å². The van der Waals surface area contributed by atoms with E-state index in [2.05, 4.69) is 10.5 Å². The zero-order valence-electron chi connectivity index (χ0n) is 13.1. The highest BCUT2D eigenvalue weighted by Gasteiger charge is 2.41. The molecular weight excluding hydrogens is 332 g/mol. The van der Waals surface area contributed by atoms with Crippen molar-refractivity contribution in [1.82, 2.24) is 10.5 Å². The Morgan fingerprint density at radius 1 is 1.38 bits per heavy atom. The minimum atomic E-state index is -1.56. The van der Waals surface area contributed by atoms with Crippen molar-refractivity contribution in [1.29, 1.82) is 0 Å². The molecule has 2 N–H and O–H groups in total. The lowest BCUT2D eigenvalue weighted by Crippen LogP contribution is -2.51. The van der Waals surface area contributed by atoms with Gasteiger partial charge in [-0.25, -0.2) is 4.79 Å². The van der Waals surface area contributed by atoms with Crippen LogP contribution >= 0.6 is 11.6 Å². The first-order valence-electron chi connectivity index (χ1n) is 7.75. The lowest BCUT2D eigenvalue weighted by atomic mass is 9.87. The number of carbonyl (C=O) groups excluding carboxylic acids is 1. The average Bonchev–Trinajstić information content (AvgIpc) is 3.30. The van der Waals surface area contributed by atoms with Gasteiger partial charge >= 0.3 is 5.97 Å². The molecule has 2 aromatic rings. The van der Waals surface area contributed by atoms with Gasteiger partial charge in [-0.3, -0.25) is 4.79 Å². The van der Waals surface area contributed by atoms with E-state index in [0.29, 0.717) is 22.3 Å². The highest BCUT2D eigenvalue weighted by atomic mass is 35.5. The van der Waals surface area contributed by atoms with Crippen LogP contribution in [0, 0.1) is 0 Å². The third kappa shape index (κ3) is 3.01. The molecule has 1 aliphatic carbocycles. The molecule has 126 valence electrons. The largest absolute Gasteiger partial charge is 0.479 e. The Morgan fingerprint density at radius 2 is 2.04 bits per heavy atom. The molecular formula is C17H17ClN2O4. The van der Waals surface area contributed by atoms with Crippen molar-refractivity contribution in [3.05, 3.63) is 52.4 Å². The van der Waals surface area contributed by atoms with Crippen LogP contribution in [0.25, 0.3) is 0 Å². The molecule has 1 saturated carbocycles. The lowest BCUT2D eigenvalue weighted by Gasteiger charge is -2.29. The second kappa shape index (κ2) is 6.28. The van der Waals surface area contributed by atoms with Gasteiger partial charge in [0, 0.05) is 17.0 Å².